The van der Waals surface area contributed by atoms with Crippen molar-refractivity contribution in [2.24, 2.45) is 0 Å². The highest BCUT2D eigenvalue weighted by atomic mass is 79.9. The molecule has 12 aromatic heterocycles. The van der Waals surface area contributed by atoms with Crippen LogP contribution >= 0.6 is 59.4 Å². The first-order valence-electron chi connectivity index (χ1n) is 45.6. The van der Waals surface area contributed by atoms with Crippen LogP contribution in [0.2, 0.25) is 5.15 Å². The number of aromatic hydroxyl groups is 3. The average molecular weight is 2190 g/mol. The number of likely N-dealkylation sites (N-methyl/N-ethyl adjacent to an activating group) is 4. The molecule has 4 saturated heterocycles. The molecule has 12 aromatic rings. The van der Waals surface area contributed by atoms with Crippen molar-refractivity contribution in [1.29, 1.82) is 0 Å². The number of ether oxygens (including phenoxy) is 9. The van der Waals surface area contributed by atoms with Crippen LogP contribution in [-0.2, 0) is 23.7 Å². The van der Waals surface area contributed by atoms with Crippen LogP contribution in [-0.4, -0.2) is 306 Å². The van der Waals surface area contributed by atoms with Crippen LogP contribution in [0.15, 0.2) is 160 Å². The summed E-state index contributed by atoms with van der Waals surface area (Å²) in [4.78, 5) is 100. The largest absolute Gasteiger partial charge is 0.514 e. The molecule has 0 saturated carbocycles. The predicted octanol–water partition coefficient (Wildman–Crippen LogP) is 16.1. The van der Waals surface area contributed by atoms with E-state index in [9.17, 15) is 34.5 Å². The van der Waals surface area contributed by atoms with Crippen LogP contribution in [0.4, 0.5) is 42.4 Å². The quantitative estimate of drug-likeness (QED) is 0.0295. The highest BCUT2D eigenvalue weighted by Gasteiger charge is 2.37. The van der Waals surface area contributed by atoms with Crippen LogP contribution in [0.5, 0.6) is 40.5 Å². The summed E-state index contributed by atoms with van der Waals surface area (Å²) in [6.45, 7) is 28.1. The number of amides is 3. The van der Waals surface area contributed by atoms with Gasteiger partial charge in [-0.2, -0.15) is 0 Å². The summed E-state index contributed by atoms with van der Waals surface area (Å²) >= 11 is 15.6. The number of nitrogens with one attached hydrogen (secondary N) is 1. The van der Waals surface area contributed by atoms with Gasteiger partial charge in [-0.25, -0.2) is 64.0 Å². The van der Waals surface area contributed by atoms with Crippen LogP contribution in [0.25, 0.3) is 79.5 Å². The first-order chi connectivity index (χ1) is 68.4. The maximum absolute atomic E-state index is 12.4. The Balaban J connectivity index is 0.000000163. The third-order valence-electron chi connectivity index (χ3n) is 21.9. The fourth-order valence-corrected chi connectivity index (χ4v) is 15.7. The number of halogens is 4. The van der Waals surface area contributed by atoms with E-state index < -0.39 is 28.6 Å². The molecule has 47 heteroatoms. The first-order valence-corrected chi connectivity index (χ1v) is 48.3. The summed E-state index contributed by atoms with van der Waals surface area (Å²) < 4.78 is 49.7. The molecular weight excluding hydrogens is 2070 g/mol. The zero-order valence-electron chi connectivity index (χ0n) is 83.1. The van der Waals surface area contributed by atoms with Gasteiger partial charge in [-0.05, 0) is 255 Å². The highest BCUT2D eigenvalue weighted by molar-refractivity contribution is 9.11. The Hall–Kier alpha value is -14.0. The normalized spacial score (nSPS) is 15.5. The molecule has 762 valence electrons. The van der Waals surface area contributed by atoms with Gasteiger partial charge >= 0.3 is 24.4 Å². The predicted molar refractivity (Wildman–Crippen MR) is 547 cm³/mol. The molecule has 0 unspecified atom stereocenters. The third kappa shape index (κ3) is 30.8. The van der Waals surface area contributed by atoms with Crippen LogP contribution in [0.1, 0.15) is 109 Å². The molecule has 4 N–H and O–H groups in total. The SMILES string of the molecule is CN(C(=O)OC(C)(C)C)[C@@H]1CCN(c2ccc(-c3ncc(Br)cc3O)nn2)C1.CN(C(=O)OC(C)(C)C)[C@@H]1CCN(c2ccc(-c3ncc(Br)cc3OC(=O)OC(C)(C)C)nn2)C1.CN[C@@H]1CCN(c2ccc(-c3ncc(-c4cc(OC)ncn4)cc3O)nn2)C1.COCOc1cc(Br)cnc1-c1ccc(Cl)nn1.COc1cc(-c2cnc(-c3ccc(N4CC[C@@H](N(C)C(=O)OC(C)(C)C)C4)nn3)c(O)c2)ncn1. The minimum Gasteiger partial charge on any atom is -0.506 e. The van der Waals surface area contributed by atoms with Crippen molar-refractivity contribution < 1.29 is 77.1 Å². The fraction of sp³-hybridized carbons (Fsp3) is 0.412. The first kappa shape index (κ1) is 109. The standard InChI is InChI=1S/C24H32BrN5O5.C24H29N7O4.C19H24BrN5O3.C19H21N7O2.C11H9BrClN3O2/c1-23(2,3)34-21(31)29(7)16-10-11-30(14-16)19-9-8-17(27-28-19)20-18(12-15(25)13-26-20)33-22(32)35-24(4,5)6;1-24(2,3)35-23(33)30(4)16-8-9-31(13-16)20-7-6-17(28-29-20)22-19(32)10-15(12-25-22)18-11-21(34-5)27-14-26-18;1-19(2,3)28-18(27)24(4)13-7-8-25(11-13)16-6-5-14(22-23-16)17-15(26)9-12(20)10-21-17;1-20-13-5-6-26(10-13)17-4-3-14(24-25-17)19-16(27)7-12(9-21-19)15-8-18(28-2)23-11-22-15;1-17-6-18-9-4-7(12)5-14-11(9)8-2-3-10(13)16-15-8/h8-9,12-13,16H,10-11,14H2,1-7H3;6-7,10-12,14,16,32H,8-9,13H2,1-5H3;5-6,9-10,13,26H,7-8,11H2,1-4H3;3-4,7-9,11,13,20,27H,5-6,10H2,1-2H3;2-5H,6H2,1H3/t2*16-;2*13-;/m1111./s1. The molecule has 0 aromatic carbocycles. The summed E-state index contributed by atoms with van der Waals surface area (Å²) in [6, 6.07) is 30.0. The second-order valence-corrected chi connectivity index (χ2v) is 40.4. The van der Waals surface area contributed by atoms with Crippen LogP contribution < -0.4 is 43.9 Å². The van der Waals surface area contributed by atoms with Gasteiger partial charge in [-0.1, -0.05) is 11.6 Å². The number of carbonyl (C=O) groups excluding carboxylic acids is 4. The van der Waals surface area contributed by atoms with Crippen LogP contribution in [0, 0.1) is 0 Å². The van der Waals surface area contributed by atoms with Gasteiger partial charge in [0, 0.05) is 154 Å². The van der Waals surface area contributed by atoms with Crippen molar-refractivity contribution in [3.63, 3.8) is 0 Å². The molecule has 16 rings (SSSR count). The fourth-order valence-electron chi connectivity index (χ4n) is 14.7. The van der Waals surface area contributed by atoms with E-state index >= 15 is 0 Å². The molecule has 4 atom stereocenters. The van der Waals surface area contributed by atoms with Crippen LogP contribution in [0.3, 0.4) is 0 Å². The molecule has 16 heterocycles. The van der Waals surface area contributed by atoms with Gasteiger partial charge < -0.3 is 97.6 Å². The minimum absolute atomic E-state index is 0.00768. The number of pyridine rings is 5. The average Bonchev–Trinajstić information content (AvgIpc) is 1.64. The van der Waals surface area contributed by atoms with E-state index in [0.29, 0.717) is 148 Å². The van der Waals surface area contributed by atoms with Crippen molar-refractivity contribution >= 4 is 107 Å². The molecule has 4 aliphatic heterocycles. The Morgan fingerprint density at radius 1 is 0.396 bits per heavy atom. The zero-order valence-corrected chi connectivity index (χ0v) is 88.7. The maximum Gasteiger partial charge on any atom is 0.514 e. The number of rotatable bonds is 21. The smallest absolute Gasteiger partial charge is 0.506 e. The molecular formula is C97H115Br3ClN27O16. The summed E-state index contributed by atoms with van der Waals surface area (Å²) in [7, 11) is 11.9. The monoisotopic (exact) mass is 2190 g/mol. The Morgan fingerprint density at radius 2 is 0.729 bits per heavy atom. The number of nitrogens with zero attached hydrogens (tertiary/aromatic N) is 26. The Bertz CT molecular complexity index is 6370. The molecule has 43 nitrogen and oxygen atoms in total. The maximum atomic E-state index is 12.4. The highest BCUT2D eigenvalue weighted by Crippen LogP contribution is 2.38. The molecule has 4 fully saturated rings. The molecule has 0 bridgehead atoms. The number of hydrogen-bond donors (Lipinski definition) is 4. The van der Waals surface area contributed by atoms with E-state index in [0.717, 1.165) is 74.5 Å². The number of methoxy groups -OCH3 is 3. The number of anilines is 4. The van der Waals surface area contributed by atoms with Gasteiger partial charge in [-0.15, -0.1) is 51.0 Å². The summed E-state index contributed by atoms with van der Waals surface area (Å²) in [5, 5.41) is 76.7. The van der Waals surface area contributed by atoms with Crippen molar-refractivity contribution in [1.82, 2.24) is 116 Å². The van der Waals surface area contributed by atoms with Gasteiger partial charge in [0.2, 0.25) is 11.8 Å². The molecule has 0 radical (unpaired) electrons. The van der Waals surface area contributed by atoms with E-state index in [1.54, 1.807) is 168 Å². The molecule has 4 aliphatic rings. The van der Waals surface area contributed by atoms with Gasteiger partial charge in [0.25, 0.3) is 0 Å². The van der Waals surface area contributed by atoms with E-state index in [-0.39, 0.29) is 66.2 Å². The number of hydrogen-bond acceptors (Lipinski definition) is 40. The molecule has 144 heavy (non-hydrogen) atoms. The lowest BCUT2D eigenvalue weighted by Gasteiger charge is -2.28. The minimum atomic E-state index is -0.833. The van der Waals surface area contributed by atoms with Crippen molar-refractivity contribution in [3.8, 4) is 120 Å². The Kier molecular flexibility index (Phi) is 36.9. The van der Waals surface area contributed by atoms with E-state index in [1.807, 2.05) is 99.7 Å². The molecule has 3 amide bonds. The van der Waals surface area contributed by atoms with Crippen molar-refractivity contribution in [3.05, 3.63) is 165 Å². The van der Waals surface area contributed by atoms with Crippen molar-refractivity contribution in [2.75, 3.05) is 128 Å². The number of carbonyl (C=O) groups is 4. The second kappa shape index (κ2) is 48.9. The van der Waals surface area contributed by atoms with E-state index in [4.69, 9.17) is 54.2 Å². The Morgan fingerprint density at radius 3 is 1.06 bits per heavy atom. The van der Waals surface area contributed by atoms with Gasteiger partial charge in [0.1, 0.15) is 109 Å². The zero-order chi connectivity index (χ0) is 104. The Labute approximate surface area is 863 Å². The van der Waals surface area contributed by atoms with Gasteiger partial charge in [0.15, 0.2) is 46.7 Å². The third-order valence-corrected chi connectivity index (χ3v) is 23.4. The molecule has 0 spiro atoms. The number of aromatic nitrogens is 19. The summed E-state index contributed by atoms with van der Waals surface area (Å²) in [5.41, 5.74) is 4.66. The van der Waals surface area contributed by atoms with Gasteiger partial charge in [-0.3, -0.25) is 0 Å². The lowest BCUT2D eigenvalue weighted by Crippen LogP contribution is -2.42. The van der Waals surface area contributed by atoms with Gasteiger partial charge in [0.05, 0.1) is 43.7 Å². The topological polar surface area (TPSA) is 492 Å². The van der Waals surface area contributed by atoms with E-state index in [1.165, 1.54) is 26.9 Å². The van der Waals surface area contributed by atoms with E-state index in [2.05, 4.69) is 169 Å². The second-order valence-electron chi connectivity index (χ2n) is 37.2. The summed E-state index contributed by atoms with van der Waals surface area (Å²) in [6.07, 6.45) is 12.5. The van der Waals surface area contributed by atoms with Crippen molar-refractivity contribution in [2.45, 2.75) is 155 Å². The lowest BCUT2D eigenvalue weighted by atomic mass is 10.1. The lowest BCUT2D eigenvalue weighted by molar-refractivity contribution is 0.0199. The molecule has 0 aliphatic carbocycles. The summed E-state index contributed by atoms with van der Waals surface area (Å²) in [5.74, 6) is 4.55.